The van der Waals surface area contributed by atoms with Crippen molar-refractivity contribution in [1.82, 2.24) is 14.9 Å². The standard InChI is InChI=1S/C17H16N4O6/c1-3-25-17(22)16-15(26-10-14-8-11(2)19-27-14)9-20(18-16)12-4-6-13(7-5-12)21(23)24/h4-9H,3,10H2,1-2H3. The minimum Gasteiger partial charge on any atom is -0.481 e. The number of rotatable bonds is 7. The van der Waals surface area contributed by atoms with Crippen molar-refractivity contribution in [3.63, 3.8) is 0 Å². The molecule has 0 amide bonds. The Hall–Kier alpha value is -3.69. The Labute approximate surface area is 153 Å². The molecule has 0 aliphatic carbocycles. The van der Waals surface area contributed by atoms with Gasteiger partial charge in [0.1, 0.15) is 6.61 Å². The lowest BCUT2D eigenvalue weighted by Gasteiger charge is -2.03. The molecule has 1 aromatic carbocycles. The third kappa shape index (κ3) is 4.11. The predicted octanol–water partition coefficient (Wildman–Crippen LogP) is 2.83. The number of non-ortho nitro benzene ring substituents is 1. The van der Waals surface area contributed by atoms with E-state index in [2.05, 4.69) is 10.3 Å². The molecular weight excluding hydrogens is 356 g/mol. The predicted molar refractivity (Wildman–Crippen MR) is 91.7 cm³/mol. The fourth-order valence-corrected chi connectivity index (χ4v) is 2.30. The van der Waals surface area contributed by atoms with Gasteiger partial charge in [0, 0.05) is 18.2 Å². The van der Waals surface area contributed by atoms with Crippen molar-refractivity contribution in [2.45, 2.75) is 20.5 Å². The van der Waals surface area contributed by atoms with Crippen LogP contribution in [0.25, 0.3) is 5.69 Å². The molecule has 10 nitrogen and oxygen atoms in total. The van der Waals surface area contributed by atoms with Crippen LogP contribution in [0.4, 0.5) is 5.69 Å². The third-order valence-electron chi connectivity index (χ3n) is 3.52. The molecule has 0 radical (unpaired) electrons. The SMILES string of the molecule is CCOC(=O)c1nn(-c2ccc([N+](=O)[O-])cc2)cc1OCc1cc(C)no1. The van der Waals surface area contributed by atoms with Gasteiger partial charge in [-0.15, -0.1) is 0 Å². The second kappa shape index (κ2) is 7.68. The number of benzene rings is 1. The second-order valence-corrected chi connectivity index (χ2v) is 5.50. The van der Waals surface area contributed by atoms with Crippen molar-refractivity contribution < 1.29 is 23.7 Å². The zero-order valence-electron chi connectivity index (χ0n) is 14.6. The maximum Gasteiger partial charge on any atom is 0.362 e. The van der Waals surface area contributed by atoms with Gasteiger partial charge in [-0.25, -0.2) is 9.48 Å². The van der Waals surface area contributed by atoms with Crippen LogP contribution in [0.5, 0.6) is 5.75 Å². The van der Waals surface area contributed by atoms with Crippen LogP contribution in [-0.2, 0) is 11.3 Å². The van der Waals surface area contributed by atoms with Crippen LogP contribution < -0.4 is 4.74 Å². The number of hydrogen-bond donors (Lipinski definition) is 0. The Morgan fingerprint density at radius 2 is 2.07 bits per heavy atom. The Morgan fingerprint density at radius 1 is 1.33 bits per heavy atom. The normalized spacial score (nSPS) is 10.6. The van der Waals surface area contributed by atoms with Gasteiger partial charge in [0.25, 0.3) is 5.69 Å². The first-order chi connectivity index (χ1) is 13.0. The van der Waals surface area contributed by atoms with Crippen molar-refractivity contribution in [3.05, 3.63) is 63.8 Å². The summed E-state index contributed by atoms with van der Waals surface area (Å²) in [6, 6.07) is 7.44. The first-order valence-electron chi connectivity index (χ1n) is 8.04. The molecule has 0 saturated carbocycles. The van der Waals surface area contributed by atoms with E-state index in [-0.39, 0.29) is 30.3 Å². The van der Waals surface area contributed by atoms with Crippen molar-refractivity contribution in [2.24, 2.45) is 0 Å². The lowest BCUT2D eigenvalue weighted by atomic mass is 10.3. The summed E-state index contributed by atoms with van der Waals surface area (Å²) in [4.78, 5) is 22.4. The molecule has 0 saturated heterocycles. The van der Waals surface area contributed by atoms with Crippen molar-refractivity contribution in [3.8, 4) is 11.4 Å². The van der Waals surface area contributed by atoms with Crippen LogP contribution in [0, 0.1) is 17.0 Å². The Morgan fingerprint density at radius 3 is 2.67 bits per heavy atom. The van der Waals surface area contributed by atoms with Gasteiger partial charge in [-0.3, -0.25) is 10.1 Å². The maximum absolute atomic E-state index is 12.2. The molecule has 27 heavy (non-hydrogen) atoms. The number of carbonyl (C=O) groups excluding carboxylic acids is 1. The Kier molecular flexibility index (Phi) is 5.15. The summed E-state index contributed by atoms with van der Waals surface area (Å²) in [5, 5.41) is 18.7. The van der Waals surface area contributed by atoms with E-state index in [4.69, 9.17) is 14.0 Å². The fraction of sp³-hybridized carbons (Fsp3) is 0.235. The number of nitro benzene ring substituents is 1. The van der Waals surface area contributed by atoms with Gasteiger partial charge in [-0.1, -0.05) is 5.16 Å². The quantitative estimate of drug-likeness (QED) is 0.352. The summed E-state index contributed by atoms with van der Waals surface area (Å²) in [6.07, 6.45) is 1.50. The van der Waals surface area contributed by atoms with Crippen molar-refractivity contribution >= 4 is 11.7 Å². The highest BCUT2D eigenvalue weighted by Crippen LogP contribution is 2.23. The number of aromatic nitrogens is 3. The number of nitro groups is 1. The van der Waals surface area contributed by atoms with Gasteiger partial charge in [-0.2, -0.15) is 5.10 Å². The third-order valence-corrected chi connectivity index (χ3v) is 3.52. The lowest BCUT2D eigenvalue weighted by molar-refractivity contribution is -0.384. The summed E-state index contributed by atoms with van der Waals surface area (Å²) in [5.74, 6) is 0.0492. The van der Waals surface area contributed by atoms with Gasteiger partial charge in [0.2, 0.25) is 5.69 Å². The highest BCUT2D eigenvalue weighted by molar-refractivity contribution is 5.90. The van der Waals surface area contributed by atoms with Gasteiger partial charge in [-0.05, 0) is 26.0 Å². The maximum atomic E-state index is 12.2. The Balaban J connectivity index is 1.88. The first kappa shape index (κ1) is 18.1. The molecular formula is C17H16N4O6. The summed E-state index contributed by atoms with van der Waals surface area (Å²) in [5.41, 5.74) is 1.18. The average Bonchev–Trinajstić information content (AvgIpc) is 3.26. The molecule has 2 heterocycles. The number of aryl methyl sites for hydroxylation is 1. The molecule has 0 N–H and O–H groups in total. The molecule has 0 unspecified atom stereocenters. The van der Waals surface area contributed by atoms with E-state index < -0.39 is 10.9 Å². The zero-order chi connectivity index (χ0) is 19.4. The van der Waals surface area contributed by atoms with Gasteiger partial charge in [0.15, 0.2) is 11.5 Å². The highest BCUT2D eigenvalue weighted by atomic mass is 16.6. The lowest BCUT2D eigenvalue weighted by Crippen LogP contribution is -2.08. The van der Waals surface area contributed by atoms with Crippen LogP contribution in [-0.4, -0.2) is 32.4 Å². The van der Waals surface area contributed by atoms with Gasteiger partial charge >= 0.3 is 5.97 Å². The smallest absolute Gasteiger partial charge is 0.362 e. The van der Waals surface area contributed by atoms with Crippen LogP contribution in [0.3, 0.4) is 0 Å². The molecule has 140 valence electrons. The van der Waals surface area contributed by atoms with E-state index in [1.54, 1.807) is 19.9 Å². The monoisotopic (exact) mass is 372 g/mol. The first-order valence-corrected chi connectivity index (χ1v) is 8.04. The fourth-order valence-electron chi connectivity index (χ4n) is 2.30. The number of carbonyl (C=O) groups is 1. The van der Waals surface area contributed by atoms with E-state index in [0.29, 0.717) is 17.1 Å². The molecule has 0 atom stereocenters. The minimum absolute atomic E-state index is 0.00793. The topological polar surface area (TPSA) is 123 Å². The molecule has 0 fully saturated rings. The number of hydrogen-bond acceptors (Lipinski definition) is 8. The summed E-state index contributed by atoms with van der Waals surface area (Å²) < 4.78 is 17.1. The molecule has 0 aliphatic heterocycles. The number of ether oxygens (including phenoxy) is 2. The minimum atomic E-state index is -0.637. The van der Waals surface area contributed by atoms with E-state index in [9.17, 15) is 14.9 Å². The average molecular weight is 372 g/mol. The molecule has 2 aromatic heterocycles. The highest BCUT2D eigenvalue weighted by Gasteiger charge is 2.21. The number of esters is 1. The van der Waals surface area contributed by atoms with Gasteiger partial charge in [0.05, 0.1) is 29.1 Å². The van der Waals surface area contributed by atoms with Crippen LogP contribution >= 0.6 is 0 Å². The van der Waals surface area contributed by atoms with E-state index in [1.165, 1.54) is 35.1 Å². The van der Waals surface area contributed by atoms with E-state index in [1.807, 2.05) is 0 Å². The summed E-state index contributed by atoms with van der Waals surface area (Å²) in [7, 11) is 0. The van der Waals surface area contributed by atoms with Crippen molar-refractivity contribution in [1.29, 1.82) is 0 Å². The molecule has 0 aliphatic rings. The Bertz CT molecular complexity index is 960. The molecule has 10 heteroatoms. The zero-order valence-corrected chi connectivity index (χ0v) is 14.6. The van der Waals surface area contributed by atoms with Crippen molar-refractivity contribution in [2.75, 3.05) is 6.61 Å². The summed E-state index contributed by atoms with van der Waals surface area (Å²) >= 11 is 0. The second-order valence-electron chi connectivity index (χ2n) is 5.50. The van der Waals surface area contributed by atoms with Crippen LogP contribution in [0.15, 0.2) is 41.1 Å². The molecule has 3 rings (SSSR count). The van der Waals surface area contributed by atoms with Crippen LogP contribution in [0.2, 0.25) is 0 Å². The molecule has 3 aromatic rings. The van der Waals surface area contributed by atoms with E-state index in [0.717, 1.165) is 0 Å². The molecule has 0 bridgehead atoms. The van der Waals surface area contributed by atoms with Gasteiger partial charge < -0.3 is 14.0 Å². The van der Waals surface area contributed by atoms with Crippen LogP contribution in [0.1, 0.15) is 28.9 Å². The summed E-state index contributed by atoms with van der Waals surface area (Å²) in [6.45, 7) is 3.70. The number of nitrogens with zero attached hydrogens (tertiary/aromatic N) is 4. The largest absolute Gasteiger partial charge is 0.481 e. The van der Waals surface area contributed by atoms with E-state index >= 15 is 0 Å². The molecule has 0 spiro atoms.